The average molecular weight is 367 g/mol. The number of nitrogens with one attached hydrogen (secondary N) is 2. The highest BCUT2D eigenvalue weighted by atomic mass is 16.5. The van der Waals surface area contributed by atoms with E-state index in [1.54, 1.807) is 7.05 Å². The Bertz CT molecular complexity index is 541. The normalized spacial score (nSPS) is 11.7. The summed E-state index contributed by atoms with van der Waals surface area (Å²) < 4.78 is 10.2. The lowest BCUT2D eigenvalue weighted by molar-refractivity contribution is -0.143. The summed E-state index contributed by atoms with van der Waals surface area (Å²) in [5.41, 5.74) is 0.965. The Morgan fingerprint density at radius 1 is 1.23 bits per heavy atom. The SMILES string of the molecule is CCOC(=O)CCCCCCCNC(=NC)NCc1cc(C(C)C)no1. The molecule has 148 valence electrons. The minimum atomic E-state index is -0.0867. The number of hydrogen-bond donors (Lipinski definition) is 2. The summed E-state index contributed by atoms with van der Waals surface area (Å²) in [6, 6.07) is 1.97. The van der Waals surface area contributed by atoms with Crippen LogP contribution in [0.25, 0.3) is 0 Å². The van der Waals surface area contributed by atoms with Gasteiger partial charge in [-0.2, -0.15) is 0 Å². The number of rotatable bonds is 12. The van der Waals surface area contributed by atoms with Gasteiger partial charge in [0.15, 0.2) is 11.7 Å². The van der Waals surface area contributed by atoms with Crippen molar-refractivity contribution in [3.05, 3.63) is 17.5 Å². The van der Waals surface area contributed by atoms with Crippen LogP contribution in [0.1, 0.15) is 76.7 Å². The lowest BCUT2D eigenvalue weighted by Gasteiger charge is -2.10. The molecular weight excluding hydrogens is 332 g/mol. The van der Waals surface area contributed by atoms with E-state index in [-0.39, 0.29) is 5.97 Å². The molecule has 0 fully saturated rings. The van der Waals surface area contributed by atoms with E-state index in [0.717, 1.165) is 56.1 Å². The third kappa shape index (κ3) is 9.44. The lowest BCUT2D eigenvalue weighted by atomic mass is 10.1. The first kappa shape index (κ1) is 22.0. The summed E-state index contributed by atoms with van der Waals surface area (Å²) in [4.78, 5) is 15.4. The number of carbonyl (C=O) groups excluding carboxylic acids is 1. The van der Waals surface area contributed by atoms with Crippen molar-refractivity contribution in [2.24, 2.45) is 4.99 Å². The van der Waals surface area contributed by atoms with Crippen LogP contribution in [0.15, 0.2) is 15.6 Å². The van der Waals surface area contributed by atoms with Crippen LogP contribution in [0.2, 0.25) is 0 Å². The summed E-state index contributed by atoms with van der Waals surface area (Å²) in [7, 11) is 1.75. The van der Waals surface area contributed by atoms with Gasteiger partial charge in [-0.3, -0.25) is 9.79 Å². The molecule has 7 nitrogen and oxygen atoms in total. The van der Waals surface area contributed by atoms with Crippen molar-refractivity contribution < 1.29 is 14.1 Å². The minimum Gasteiger partial charge on any atom is -0.466 e. The second-order valence-corrected chi connectivity index (χ2v) is 6.55. The number of hydrogen-bond acceptors (Lipinski definition) is 5. The largest absolute Gasteiger partial charge is 0.466 e. The van der Waals surface area contributed by atoms with Gasteiger partial charge in [0.05, 0.1) is 18.8 Å². The van der Waals surface area contributed by atoms with Crippen molar-refractivity contribution in [1.82, 2.24) is 15.8 Å². The first-order chi connectivity index (χ1) is 12.6. The third-order valence-corrected chi connectivity index (χ3v) is 3.98. The molecule has 1 heterocycles. The van der Waals surface area contributed by atoms with Gasteiger partial charge in [0, 0.05) is 26.1 Å². The third-order valence-electron chi connectivity index (χ3n) is 3.98. The molecule has 1 aromatic heterocycles. The van der Waals surface area contributed by atoms with Crippen molar-refractivity contribution in [1.29, 1.82) is 0 Å². The Labute approximate surface area is 157 Å². The van der Waals surface area contributed by atoms with Crippen molar-refractivity contribution >= 4 is 11.9 Å². The van der Waals surface area contributed by atoms with Gasteiger partial charge in [0.2, 0.25) is 0 Å². The van der Waals surface area contributed by atoms with Crippen LogP contribution in [0.5, 0.6) is 0 Å². The zero-order chi connectivity index (χ0) is 19.2. The topological polar surface area (TPSA) is 88.8 Å². The molecule has 0 amide bonds. The number of guanidine groups is 1. The maximum atomic E-state index is 11.2. The average Bonchev–Trinajstić information content (AvgIpc) is 3.09. The van der Waals surface area contributed by atoms with Crippen molar-refractivity contribution in [3.63, 3.8) is 0 Å². The smallest absolute Gasteiger partial charge is 0.305 e. The summed E-state index contributed by atoms with van der Waals surface area (Å²) in [6.07, 6.45) is 5.83. The zero-order valence-corrected chi connectivity index (χ0v) is 16.6. The number of esters is 1. The molecule has 2 N–H and O–H groups in total. The first-order valence-corrected chi connectivity index (χ1v) is 9.62. The molecule has 0 aliphatic rings. The van der Waals surface area contributed by atoms with E-state index in [1.807, 2.05) is 13.0 Å². The summed E-state index contributed by atoms with van der Waals surface area (Å²) in [5.74, 6) is 1.84. The van der Waals surface area contributed by atoms with E-state index in [9.17, 15) is 4.79 Å². The van der Waals surface area contributed by atoms with E-state index >= 15 is 0 Å². The standard InChI is InChI=1S/C19H34N4O3/c1-5-25-18(24)11-9-7-6-8-10-12-21-19(20-4)22-14-16-13-17(15(2)3)23-26-16/h13,15H,5-12,14H2,1-4H3,(H2,20,21,22). The van der Waals surface area contributed by atoms with Crippen LogP contribution in [0.3, 0.4) is 0 Å². The molecule has 0 saturated heterocycles. The van der Waals surface area contributed by atoms with Gasteiger partial charge in [0.1, 0.15) is 0 Å². The predicted molar refractivity (Wildman–Crippen MR) is 103 cm³/mol. The molecule has 1 rings (SSSR count). The Morgan fingerprint density at radius 2 is 1.96 bits per heavy atom. The van der Waals surface area contributed by atoms with Crippen LogP contribution >= 0.6 is 0 Å². The van der Waals surface area contributed by atoms with E-state index in [4.69, 9.17) is 9.26 Å². The molecule has 1 aromatic rings. The summed E-state index contributed by atoms with van der Waals surface area (Å²) in [6.45, 7) is 7.91. The van der Waals surface area contributed by atoms with Crippen LogP contribution in [0, 0.1) is 0 Å². The van der Waals surface area contributed by atoms with E-state index in [1.165, 1.54) is 0 Å². The fourth-order valence-electron chi connectivity index (χ4n) is 2.44. The summed E-state index contributed by atoms with van der Waals surface area (Å²) in [5, 5.41) is 10.6. The van der Waals surface area contributed by atoms with Gasteiger partial charge in [-0.1, -0.05) is 38.3 Å². The van der Waals surface area contributed by atoms with E-state index in [0.29, 0.717) is 25.5 Å². The molecule has 0 spiro atoms. The van der Waals surface area contributed by atoms with Gasteiger partial charge >= 0.3 is 5.97 Å². The quantitative estimate of drug-likeness (QED) is 0.255. The lowest BCUT2D eigenvalue weighted by Crippen LogP contribution is -2.37. The molecule has 0 radical (unpaired) electrons. The molecule has 0 aromatic carbocycles. The highest BCUT2D eigenvalue weighted by molar-refractivity contribution is 5.79. The fraction of sp³-hybridized carbons (Fsp3) is 0.737. The fourth-order valence-corrected chi connectivity index (χ4v) is 2.44. The van der Waals surface area contributed by atoms with Crippen LogP contribution in [-0.2, 0) is 16.1 Å². The van der Waals surface area contributed by atoms with Crippen molar-refractivity contribution in [2.75, 3.05) is 20.2 Å². The Hall–Kier alpha value is -2.05. The number of aliphatic imine (C=N–C) groups is 1. The number of carbonyl (C=O) groups is 1. The van der Waals surface area contributed by atoms with Crippen LogP contribution < -0.4 is 10.6 Å². The second-order valence-electron chi connectivity index (χ2n) is 6.55. The maximum Gasteiger partial charge on any atom is 0.305 e. The van der Waals surface area contributed by atoms with Gasteiger partial charge in [-0.25, -0.2) is 0 Å². The molecule has 0 bridgehead atoms. The molecule has 7 heteroatoms. The van der Waals surface area contributed by atoms with Gasteiger partial charge in [0.25, 0.3) is 0 Å². The zero-order valence-electron chi connectivity index (χ0n) is 16.6. The number of aromatic nitrogens is 1. The first-order valence-electron chi connectivity index (χ1n) is 9.62. The summed E-state index contributed by atoms with van der Waals surface area (Å²) >= 11 is 0. The van der Waals surface area contributed by atoms with E-state index < -0.39 is 0 Å². The van der Waals surface area contributed by atoms with E-state index in [2.05, 4.69) is 34.6 Å². The van der Waals surface area contributed by atoms with Crippen molar-refractivity contribution in [3.8, 4) is 0 Å². The molecule has 0 saturated carbocycles. The highest BCUT2D eigenvalue weighted by Gasteiger charge is 2.08. The number of ether oxygens (including phenoxy) is 1. The van der Waals surface area contributed by atoms with Crippen LogP contribution in [-0.4, -0.2) is 37.3 Å². The maximum absolute atomic E-state index is 11.2. The van der Waals surface area contributed by atoms with Crippen molar-refractivity contribution in [2.45, 2.75) is 71.8 Å². The molecular formula is C19H34N4O3. The number of nitrogens with zero attached hydrogens (tertiary/aromatic N) is 2. The monoisotopic (exact) mass is 366 g/mol. The molecule has 0 aliphatic carbocycles. The molecule has 0 aliphatic heterocycles. The highest BCUT2D eigenvalue weighted by Crippen LogP contribution is 2.13. The molecule has 26 heavy (non-hydrogen) atoms. The predicted octanol–water partition coefficient (Wildman–Crippen LogP) is 3.37. The van der Waals surface area contributed by atoms with Gasteiger partial charge in [-0.15, -0.1) is 0 Å². The number of unbranched alkanes of at least 4 members (excludes halogenated alkanes) is 4. The van der Waals surface area contributed by atoms with Crippen LogP contribution in [0.4, 0.5) is 0 Å². The Kier molecular flexibility index (Phi) is 11.2. The Morgan fingerprint density at radius 3 is 2.62 bits per heavy atom. The van der Waals surface area contributed by atoms with Gasteiger partial charge < -0.3 is 19.9 Å². The second kappa shape index (κ2) is 13.2. The Balaban J connectivity index is 2.06. The van der Waals surface area contributed by atoms with Gasteiger partial charge in [-0.05, 0) is 25.7 Å². The molecule has 0 atom stereocenters. The minimum absolute atomic E-state index is 0.0867. The molecule has 0 unspecified atom stereocenters.